The molecule has 1 aliphatic rings. The highest BCUT2D eigenvalue weighted by Gasteiger charge is 2.24. The average molecular weight is 293 g/mol. The van der Waals surface area contributed by atoms with Gasteiger partial charge in [-0.2, -0.15) is 0 Å². The lowest BCUT2D eigenvalue weighted by molar-refractivity contribution is 0.412. The fraction of sp³-hybridized carbons (Fsp3) is 0.500. The van der Waals surface area contributed by atoms with Crippen molar-refractivity contribution in [1.82, 2.24) is 20.2 Å². The summed E-state index contributed by atoms with van der Waals surface area (Å²) in [6, 6.07) is 2.01. The number of nitrogen functional groups attached to an aromatic ring is 1. The summed E-state index contributed by atoms with van der Waals surface area (Å²) in [7, 11) is 0. The first-order valence-corrected chi connectivity index (χ1v) is 7.05. The number of aromatic nitrogens is 4. The van der Waals surface area contributed by atoms with Crippen molar-refractivity contribution in [3.63, 3.8) is 0 Å². The van der Waals surface area contributed by atoms with E-state index in [-0.39, 0.29) is 11.3 Å². The summed E-state index contributed by atoms with van der Waals surface area (Å²) < 4.78 is 28.8. The van der Waals surface area contributed by atoms with Gasteiger partial charge in [0.2, 0.25) is 0 Å². The standard InChI is InChI=1S/C14H17F2N5/c1-8-2-3-9(4-8)7-21-14(18-19-20-21)10-5-13(17)12(16)6-11(10)15/h5-6,8-9H,2-4,7,17H2,1H3. The third kappa shape index (κ3) is 2.72. The van der Waals surface area contributed by atoms with Gasteiger partial charge in [-0.15, -0.1) is 5.10 Å². The molecule has 1 heterocycles. The molecule has 0 amide bonds. The van der Waals surface area contributed by atoms with E-state index in [9.17, 15) is 8.78 Å². The highest BCUT2D eigenvalue weighted by molar-refractivity contribution is 5.62. The van der Waals surface area contributed by atoms with Crippen LogP contribution in [0.4, 0.5) is 14.5 Å². The van der Waals surface area contributed by atoms with Crippen LogP contribution in [0.1, 0.15) is 26.2 Å². The van der Waals surface area contributed by atoms with Gasteiger partial charge in [-0.05, 0) is 41.2 Å². The summed E-state index contributed by atoms with van der Waals surface area (Å²) in [5.74, 6) is -0.00701. The monoisotopic (exact) mass is 293 g/mol. The molecule has 2 N–H and O–H groups in total. The maximum Gasteiger partial charge on any atom is 0.185 e. The number of hydrogen-bond acceptors (Lipinski definition) is 4. The molecular formula is C14H17F2N5. The Morgan fingerprint density at radius 2 is 2.10 bits per heavy atom. The van der Waals surface area contributed by atoms with Gasteiger partial charge in [0, 0.05) is 12.6 Å². The Bertz CT molecular complexity index is 655. The normalized spacial score (nSPS) is 21.9. The van der Waals surface area contributed by atoms with E-state index in [1.165, 1.54) is 12.5 Å². The number of hydrogen-bond donors (Lipinski definition) is 1. The maximum absolute atomic E-state index is 13.9. The van der Waals surface area contributed by atoms with Gasteiger partial charge in [0.1, 0.15) is 11.6 Å². The first-order chi connectivity index (χ1) is 10.0. The van der Waals surface area contributed by atoms with E-state index in [0.29, 0.717) is 24.2 Å². The van der Waals surface area contributed by atoms with Crippen LogP contribution in [0, 0.1) is 23.5 Å². The van der Waals surface area contributed by atoms with Crippen LogP contribution in [0.5, 0.6) is 0 Å². The summed E-state index contributed by atoms with van der Waals surface area (Å²) in [6.07, 6.45) is 3.43. The minimum atomic E-state index is -0.778. The molecule has 3 rings (SSSR count). The molecule has 0 radical (unpaired) electrons. The quantitative estimate of drug-likeness (QED) is 0.883. The predicted octanol–water partition coefficient (Wildman–Crippen LogP) is 2.64. The van der Waals surface area contributed by atoms with Crippen LogP contribution in [-0.4, -0.2) is 20.2 Å². The van der Waals surface area contributed by atoms with Crippen LogP contribution >= 0.6 is 0 Å². The Morgan fingerprint density at radius 3 is 2.81 bits per heavy atom. The molecule has 7 heteroatoms. The van der Waals surface area contributed by atoms with Gasteiger partial charge in [0.15, 0.2) is 5.82 Å². The number of nitrogens with two attached hydrogens (primary N) is 1. The first kappa shape index (κ1) is 13.9. The fourth-order valence-corrected chi connectivity index (χ4v) is 2.99. The Hall–Kier alpha value is -2.05. The van der Waals surface area contributed by atoms with E-state index in [1.54, 1.807) is 4.68 Å². The Morgan fingerprint density at radius 1 is 1.29 bits per heavy atom. The molecule has 2 atom stereocenters. The van der Waals surface area contributed by atoms with Crippen molar-refractivity contribution in [2.75, 3.05) is 5.73 Å². The third-order valence-electron chi connectivity index (χ3n) is 4.09. The zero-order valence-electron chi connectivity index (χ0n) is 11.8. The number of anilines is 1. The molecule has 0 saturated heterocycles. The molecular weight excluding hydrogens is 276 g/mol. The minimum absolute atomic E-state index is 0.115. The van der Waals surface area contributed by atoms with Crippen molar-refractivity contribution in [3.05, 3.63) is 23.8 Å². The SMILES string of the molecule is CC1CCC(Cn2nnnc2-c2cc(N)c(F)cc2F)C1. The number of rotatable bonds is 3. The van der Waals surface area contributed by atoms with E-state index in [1.807, 2.05) is 0 Å². The van der Waals surface area contributed by atoms with E-state index in [4.69, 9.17) is 5.73 Å². The largest absolute Gasteiger partial charge is 0.396 e. The number of halogens is 2. The topological polar surface area (TPSA) is 69.6 Å². The summed E-state index contributed by atoms with van der Waals surface area (Å²) in [5, 5.41) is 11.4. The zero-order chi connectivity index (χ0) is 15.0. The Labute approximate surface area is 121 Å². The van der Waals surface area contributed by atoms with Crippen molar-refractivity contribution in [2.45, 2.75) is 32.7 Å². The molecule has 1 saturated carbocycles. The fourth-order valence-electron chi connectivity index (χ4n) is 2.99. The number of benzene rings is 1. The molecule has 2 unspecified atom stereocenters. The molecule has 0 spiro atoms. The molecule has 1 aromatic heterocycles. The highest BCUT2D eigenvalue weighted by Crippen LogP contribution is 2.32. The summed E-state index contributed by atoms with van der Waals surface area (Å²) in [4.78, 5) is 0. The average Bonchev–Trinajstić information content (AvgIpc) is 3.04. The van der Waals surface area contributed by atoms with Crippen molar-refractivity contribution >= 4 is 5.69 Å². The van der Waals surface area contributed by atoms with Crippen LogP contribution in [0.2, 0.25) is 0 Å². The van der Waals surface area contributed by atoms with Gasteiger partial charge >= 0.3 is 0 Å². The molecule has 0 bridgehead atoms. The number of tetrazole rings is 1. The lowest BCUT2D eigenvalue weighted by Gasteiger charge is -2.11. The van der Waals surface area contributed by atoms with E-state index in [0.717, 1.165) is 18.9 Å². The van der Waals surface area contributed by atoms with Crippen LogP contribution in [0.15, 0.2) is 12.1 Å². The lowest BCUT2D eigenvalue weighted by atomic mass is 10.1. The van der Waals surface area contributed by atoms with E-state index in [2.05, 4.69) is 22.4 Å². The van der Waals surface area contributed by atoms with E-state index < -0.39 is 11.6 Å². The smallest absolute Gasteiger partial charge is 0.185 e. The molecule has 112 valence electrons. The molecule has 5 nitrogen and oxygen atoms in total. The van der Waals surface area contributed by atoms with Gasteiger partial charge in [0.05, 0.1) is 11.3 Å². The highest BCUT2D eigenvalue weighted by atomic mass is 19.1. The lowest BCUT2D eigenvalue weighted by Crippen LogP contribution is -2.11. The second-order valence-electron chi connectivity index (χ2n) is 5.82. The van der Waals surface area contributed by atoms with Crippen LogP contribution in [0.3, 0.4) is 0 Å². The zero-order valence-corrected chi connectivity index (χ0v) is 11.8. The van der Waals surface area contributed by atoms with Crippen molar-refractivity contribution in [2.24, 2.45) is 11.8 Å². The summed E-state index contributed by atoms with van der Waals surface area (Å²) in [5.41, 5.74) is 5.52. The molecule has 1 aromatic carbocycles. The Kier molecular flexibility index (Phi) is 3.57. The molecule has 2 aromatic rings. The van der Waals surface area contributed by atoms with Gasteiger partial charge in [0.25, 0.3) is 0 Å². The van der Waals surface area contributed by atoms with Gasteiger partial charge in [-0.1, -0.05) is 13.3 Å². The molecule has 1 aliphatic carbocycles. The molecule has 21 heavy (non-hydrogen) atoms. The Balaban J connectivity index is 1.90. The minimum Gasteiger partial charge on any atom is -0.396 e. The van der Waals surface area contributed by atoms with Gasteiger partial charge in [-0.3, -0.25) is 0 Å². The van der Waals surface area contributed by atoms with Crippen molar-refractivity contribution < 1.29 is 8.78 Å². The van der Waals surface area contributed by atoms with E-state index >= 15 is 0 Å². The second-order valence-corrected chi connectivity index (χ2v) is 5.82. The number of nitrogens with zero attached hydrogens (tertiary/aromatic N) is 4. The van der Waals surface area contributed by atoms with Crippen LogP contribution < -0.4 is 5.73 Å². The van der Waals surface area contributed by atoms with Gasteiger partial charge < -0.3 is 5.73 Å². The summed E-state index contributed by atoms with van der Waals surface area (Å²) >= 11 is 0. The molecule has 0 aliphatic heterocycles. The van der Waals surface area contributed by atoms with Crippen molar-refractivity contribution in [3.8, 4) is 11.4 Å². The molecule has 1 fully saturated rings. The third-order valence-corrected chi connectivity index (χ3v) is 4.09. The van der Waals surface area contributed by atoms with Crippen molar-refractivity contribution in [1.29, 1.82) is 0 Å². The van der Waals surface area contributed by atoms with Crippen LogP contribution in [-0.2, 0) is 6.54 Å². The van der Waals surface area contributed by atoms with Gasteiger partial charge in [-0.25, -0.2) is 13.5 Å². The maximum atomic E-state index is 13.9. The summed E-state index contributed by atoms with van der Waals surface area (Å²) in [6.45, 7) is 2.87. The predicted molar refractivity (Wildman–Crippen MR) is 74.1 cm³/mol. The first-order valence-electron chi connectivity index (χ1n) is 7.05. The second kappa shape index (κ2) is 5.38. The van der Waals surface area contributed by atoms with Crippen LogP contribution in [0.25, 0.3) is 11.4 Å².